The van der Waals surface area contributed by atoms with Crippen molar-refractivity contribution in [3.63, 3.8) is 0 Å². The molecular weight excluding hydrogens is 487 g/mol. The summed E-state index contributed by atoms with van der Waals surface area (Å²) in [7, 11) is 2.04. The molecule has 10 heteroatoms. The summed E-state index contributed by atoms with van der Waals surface area (Å²) in [6.07, 6.45) is 0.853. The molecule has 5 rings (SSSR count). The molecule has 3 fully saturated rings. The van der Waals surface area contributed by atoms with Gasteiger partial charge in [0.1, 0.15) is 5.82 Å². The molecule has 1 aromatic heterocycles. The Kier molecular flexibility index (Phi) is 7.11. The smallest absolute Gasteiger partial charge is 0.343 e. The fourth-order valence-corrected chi connectivity index (χ4v) is 6.90. The molecule has 36 heavy (non-hydrogen) atoms. The Labute approximate surface area is 214 Å². The van der Waals surface area contributed by atoms with Crippen LogP contribution in [0.1, 0.15) is 67.8 Å². The molecule has 1 saturated carbocycles. The summed E-state index contributed by atoms with van der Waals surface area (Å²) in [5.74, 6) is 2.87. The van der Waals surface area contributed by atoms with Gasteiger partial charge in [-0.1, -0.05) is 23.9 Å². The quantitative estimate of drug-likeness (QED) is 0.382. The van der Waals surface area contributed by atoms with Crippen LogP contribution < -0.4 is 0 Å². The van der Waals surface area contributed by atoms with Crippen molar-refractivity contribution in [2.45, 2.75) is 62.2 Å². The molecule has 6 nitrogen and oxygen atoms in total. The number of rotatable bonds is 7. The fourth-order valence-electron chi connectivity index (χ4n) is 6.06. The van der Waals surface area contributed by atoms with Crippen LogP contribution in [0.5, 0.6) is 0 Å². The molecule has 2 saturated heterocycles. The van der Waals surface area contributed by atoms with E-state index in [1.807, 2.05) is 11.9 Å². The summed E-state index contributed by atoms with van der Waals surface area (Å²) in [6.45, 7) is 6.33. The number of hydrogen-bond donors (Lipinski definition) is 0. The van der Waals surface area contributed by atoms with Crippen LogP contribution in [0.3, 0.4) is 0 Å². The molecule has 3 aliphatic rings. The molecule has 1 unspecified atom stereocenters. The van der Waals surface area contributed by atoms with Gasteiger partial charge in [-0.05, 0) is 74.2 Å². The van der Waals surface area contributed by atoms with Gasteiger partial charge >= 0.3 is 6.18 Å². The first-order valence-corrected chi connectivity index (χ1v) is 13.8. The van der Waals surface area contributed by atoms with Crippen LogP contribution >= 0.6 is 11.8 Å². The zero-order valence-electron chi connectivity index (χ0n) is 20.9. The second-order valence-electron chi connectivity index (χ2n) is 10.6. The van der Waals surface area contributed by atoms with Crippen molar-refractivity contribution in [1.82, 2.24) is 24.6 Å². The molecule has 2 atom stereocenters. The van der Waals surface area contributed by atoms with E-state index < -0.39 is 11.7 Å². The van der Waals surface area contributed by atoms with Crippen molar-refractivity contribution in [3.8, 4) is 0 Å². The topological polar surface area (TPSA) is 54.3 Å². The van der Waals surface area contributed by atoms with Crippen molar-refractivity contribution < 1.29 is 18.0 Å². The van der Waals surface area contributed by atoms with Crippen LogP contribution in [0.2, 0.25) is 0 Å². The second kappa shape index (κ2) is 10.0. The Morgan fingerprint density at radius 2 is 1.86 bits per heavy atom. The number of alkyl halides is 3. The third-order valence-corrected chi connectivity index (χ3v) is 9.42. The lowest BCUT2D eigenvalue weighted by molar-refractivity contribution is -0.137. The highest BCUT2D eigenvalue weighted by atomic mass is 32.2. The van der Waals surface area contributed by atoms with Crippen LogP contribution in [-0.2, 0) is 18.0 Å². The molecule has 1 spiro atoms. The van der Waals surface area contributed by atoms with Crippen LogP contribution in [0, 0.1) is 5.41 Å². The number of amides is 1. The van der Waals surface area contributed by atoms with Crippen LogP contribution in [-0.4, -0.2) is 68.9 Å². The maximum atomic E-state index is 12.9. The van der Waals surface area contributed by atoms with E-state index in [0.717, 1.165) is 87.1 Å². The lowest BCUT2D eigenvalue weighted by Crippen LogP contribution is -2.36. The van der Waals surface area contributed by atoms with Gasteiger partial charge < -0.3 is 14.4 Å². The van der Waals surface area contributed by atoms with Crippen LogP contribution in [0.25, 0.3) is 0 Å². The average molecular weight is 522 g/mol. The van der Waals surface area contributed by atoms with Crippen LogP contribution in [0.15, 0.2) is 29.4 Å². The lowest BCUT2D eigenvalue weighted by atomic mass is 9.96. The van der Waals surface area contributed by atoms with Gasteiger partial charge in [0.2, 0.25) is 5.91 Å². The SMILES string of the molecule is CC(=O)N1CCC(c2nnc(SCCCN3CC[C@]4(CC4c4ccc(C(F)(F)F)cc4)C3)n2C)CC1. The molecule has 0 N–H and O–H groups in total. The minimum absolute atomic E-state index is 0.142. The number of halogens is 3. The molecule has 1 aromatic carbocycles. The van der Waals surface area contributed by atoms with E-state index in [4.69, 9.17) is 0 Å². The maximum absolute atomic E-state index is 12.9. The molecule has 196 valence electrons. The number of benzene rings is 1. The molecule has 0 bridgehead atoms. The third-order valence-electron chi connectivity index (χ3n) is 8.32. The van der Waals surface area contributed by atoms with E-state index >= 15 is 0 Å². The number of carbonyl (C=O) groups is 1. The predicted molar refractivity (Wildman–Crippen MR) is 133 cm³/mol. The number of aromatic nitrogens is 3. The first-order chi connectivity index (χ1) is 17.2. The van der Waals surface area contributed by atoms with Gasteiger partial charge in [-0.25, -0.2) is 0 Å². The summed E-state index contributed by atoms with van der Waals surface area (Å²) in [5.41, 5.74) is 0.731. The summed E-state index contributed by atoms with van der Waals surface area (Å²) in [6, 6.07) is 5.78. The first-order valence-electron chi connectivity index (χ1n) is 12.8. The number of thioether (sulfide) groups is 1. The van der Waals surface area contributed by atoms with Gasteiger partial charge in [0, 0.05) is 45.3 Å². The van der Waals surface area contributed by atoms with Crippen molar-refractivity contribution in [2.24, 2.45) is 12.5 Å². The van der Waals surface area contributed by atoms with Crippen molar-refractivity contribution in [2.75, 3.05) is 38.5 Å². The Balaban J connectivity index is 1.05. The number of piperidine rings is 1. The molecule has 1 amide bonds. The van der Waals surface area contributed by atoms with Crippen molar-refractivity contribution in [3.05, 3.63) is 41.2 Å². The molecule has 2 aliphatic heterocycles. The highest BCUT2D eigenvalue weighted by Crippen LogP contribution is 2.64. The maximum Gasteiger partial charge on any atom is 0.416 e. The van der Waals surface area contributed by atoms with E-state index in [9.17, 15) is 18.0 Å². The van der Waals surface area contributed by atoms with E-state index in [0.29, 0.717) is 11.8 Å². The Morgan fingerprint density at radius 1 is 1.14 bits per heavy atom. The Bertz CT molecular complexity index is 1080. The zero-order valence-corrected chi connectivity index (χ0v) is 21.7. The van der Waals surface area contributed by atoms with Gasteiger partial charge in [-0.15, -0.1) is 10.2 Å². The number of likely N-dealkylation sites (tertiary alicyclic amines) is 2. The molecule has 1 aliphatic carbocycles. The molecular formula is C26H34F3N5OS. The van der Waals surface area contributed by atoms with E-state index in [2.05, 4.69) is 19.7 Å². The van der Waals surface area contributed by atoms with Gasteiger partial charge in [-0.3, -0.25) is 4.79 Å². The van der Waals surface area contributed by atoms with Gasteiger partial charge in [0.05, 0.1) is 5.56 Å². The highest BCUT2D eigenvalue weighted by Gasteiger charge is 2.57. The summed E-state index contributed by atoms with van der Waals surface area (Å²) >= 11 is 1.74. The molecule has 2 aromatic rings. The number of nitrogens with zero attached hydrogens (tertiary/aromatic N) is 5. The van der Waals surface area contributed by atoms with Gasteiger partial charge in [0.25, 0.3) is 0 Å². The standard InChI is InChI=1S/C26H34F3N5OS/c1-18(35)34-12-8-20(9-13-34)23-30-31-24(32(23)2)36-15-3-11-33-14-10-25(17-33)16-22(25)19-4-6-21(7-5-19)26(27,28)29/h4-7,20,22H,3,8-17H2,1-2H3/t22?,25-/m0/s1. The predicted octanol–water partition coefficient (Wildman–Crippen LogP) is 4.92. The molecule has 3 heterocycles. The van der Waals surface area contributed by atoms with E-state index in [1.165, 1.54) is 12.1 Å². The minimum Gasteiger partial charge on any atom is -0.343 e. The van der Waals surface area contributed by atoms with Gasteiger partial charge in [-0.2, -0.15) is 13.2 Å². The van der Waals surface area contributed by atoms with Crippen LogP contribution in [0.4, 0.5) is 13.2 Å². The third kappa shape index (κ3) is 5.30. The van der Waals surface area contributed by atoms with Crippen molar-refractivity contribution >= 4 is 17.7 Å². The Morgan fingerprint density at radius 3 is 2.53 bits per heavy atom. The first kappa shape index (κ1) is 25.6. The monoisotopic (exact) mass is 521 g/mol. The number of hydrogen-bond acceptors (Lipinski definition) is 5. The van der Waals surface area contributed by atoms with Crippen molar-refractivity contribution in [1.29, 1.82) is 0 Å². The fraction of sp³-hybridized carbons (Fsp3) is 0.654. The summed E-state index contributed by atoms with van der Waals surface area (Å²) in [4.78, 5) is 16.0. The molecule has 0 radical (unpaired) electrons. The van der Waals surface area contributed by atoms with Gasteiger partial charge in [0.15, 0.2) is 5.16 Å². The van der Waals surface area contributed by atoms with E-state index in [1.54, 1.807) is 30.8 Å². The summed E-state index contributed by atoms with van der Waals surface area (Å²) < 4.78 is 40.7. The van der Waals surface area contributed by atoms with E-state index in [-0.39, 0.29) is 11.3 Å². The second-order valence-corrected chi connectivity index (χ2v) is 11.7. The minimum atomic E-state index is -4.28. The highest BCUT2D eigenvalue weighted by molar-refractivity contribution is 7.99. The zero-order chi connectivity index (χ0) is 25.5. The summed E-state index contributed by atoms with van der Waals surface area (Å²) in [5, 5.41) is 9.83. The lowest BCUT2D eigenvalue weighted by Gasteiger charge is -2.30. The number of carbonyl (C=O) groups excluding carboxylic acids is 1. The largest absolute Gasteiger partial charge is 0.416 e. The normalized spacial score (nSPS) is 25.1. The average Bonchev–Trinajstić information content (AvgIpc) is 3.20. The Hall–Kier alpha value is -2.07.